The monoisotopic (exact) mass is 158 g/mol. The van der Waals surface area contributed by atoms with Gasteiger partial charge in [0.25, 0.3) is 0 Å². The van der Waals surface area contributed by atoms with Gasteiger partial charge in [-0.25, -0.2) is 4.79 Å². The summed E-state index contributed by atoms with van der Waals surface area (Å²) in [4.78, 5) is 8.56. The Morgan fingerprint density at radius 3 is 1.12 bits per heavy atom. The van der Waals surface area contributed by atoms with Gasteiger partial charge in [0, 0.05) is 0 Å². The van der Waals surface area contributed by atoms with Gasteiger partial charge in [-0.2, -0.15) is 0 Å². The lowest BCUT2D eigenvalue weighted by Crippen LogP contribution is -1.81. The lowest BCUT2D eigenvalue weighted by molar-refractivity contribution is 0.137. The molecule has 0 bridgehead atoms. The van der Waals surface area contributed by atoms with E-state index in [1.807, 2.05) is 13.3 Å². The minimum absolute atomic E-state index is 1.83. The summed E-state index contributed by atoms with van der Waals surface area (Å²) >= 11 is 0. The fourth-order valence-corrected chi connectivity index (χ4v) is 0. The van der Waals surface area contributed by atoms with Crippen molar-refractivity contribution in [2.45, 2.75) is 0 Å². The molecule has 0 spiro atoms. The van der Waals surface area contributed by atoms with Gasteiger partial charge in [0.15, 0.2) is 0 Å². The summed E-state index contributed by atoms with van der Waals surface area (Å²) < 4.78 is 0. The average molecular weight is 158 g/mol. The molecule has 0 saturated carbocycles. The van der Waals surface area contributed by atoms with E-state index in [1.54, 1.807) is 0 Å². The molecule has 8 heavy (non-hydrogen) atoms. The van der Waals surface area contributed by atoms with Crippen LogP contribution in [0.2, 0.25) is 0 Å². The van der Waals surface area contributed by atoms with Crippen LogP contribution in [0.1, 0.15) is 0 Å². The fourth-order valence-electron chi connectivity index (χ4n) is 0. The molecular weight excluding hydrogens is 146 g/mol. The number of hydrogen-bond acceptors (Lipinski definition) is 1. The van der Waals surface area contributed by atoms with Crippen LogP contribution in [0.5, 0.6) is 0 Å². The average Bonchev–Trinajstić information content (AvgIpc) is 1.75. The van der Waals surface area contributed by atoms with Crippen LogP contribution in [0.4, 0.5) is 4.79 Å². The standard InChI is InChI=1S/CH2O3.2CH5P/c2-1(3)4;2*1-2/h(H2,2,3,4);2*2H2,1H3. The van der Waals surface area contributed by atoms with E-state index in [1.165, 1.54) is 0 Å². The Morgan fingerprint density at radius 2 is 1.12 bits per heavy atom. The minimum atomic E-state index is -1.83. The Kier molecular flexibility index (Phi) is 53.7. The molecule has 0 heterocycles. The fraction of sp³-hybridized carbons (Fsp3) is 0.667. The smallest absolute Gasteiger partial charge is 0.450 e. The van der Waals surface area contributed by atoms with Gasteiger partial charge in [-0.05, 0) is 0 Å². The van der Waals surface area contributed by atoms with Crippen molar-refractivity contribution in [2.75, 3.05) is 13.3 Å². The summed E-state index contributed by atoms with van der Waals surface area (Å²) in [6.07, 6.45) is -1.83. The van der Waals surface area contributed by atoms with Crippen LogP contribution < -0.4 is 0 Å². The summed E-state index contributed by atoms with van der Waals surface area (Å²) in [5.74, 6) is 0. The molecule has 2 N–H and O–H groups in total. The summed E-state index contributed by atoms with van der Waals surface area (Å²) in [6, 6.07) is 0. The number of carboxylic acid groups (broad SMARTS) is 2. The van der Waals surface area contributed by atoms with Crippen LogP contribution in [0.25, 0.3) is 0 Å². The van der Waals surface area contributed by atoms with Gasteiger partial charge >= 0.3 is 6.16 Å². The highest BCUT2D eigenvalue weighted by atomic mass is 31.0. The van der Waals surface area contributed by atoms with Crippen LogP contribution in [-0.4, -0.2) is 29.7 Å². The molecule has 0 radical (unpaired) electrons. The molecule has 0 fully saturated rings. The number of hydrogen-bond donors (Lipinski definition) is 2. The lowest BCUT2D eigenvalue weighted by atomic mass is 11.5. The van der Waals surface area contributed by atoms with Gasteiger partial charge in [0.2, 0.25) is 0 Å². The Hall–Kier alpha value is 0.130. The molecule has 0 aromatic carbocycles. The van der Waals surface area contributed by atoms with Crippen LogP contribution >= 0.6 is 18.5 Å². The van der Waals surface area contributed by atoms with E-state index in [0.717, 1.165) is 0 Å². The van der Waals surface area contributed by atoms with E-state index in [2.05, 4.69) is 18.5 Å². The van der Waals surface area contributed by atoms with E-state index < -0.39 is 6.16 Å². The van der Waals surface area contributed by atoms with E-state index in [-0.39, 0.29) is 0 Å². The summed E-state index contributed by atoms with van der Waals surface area (Å²) in [6.45, 7) is 3.83. The highest BCUT2D eigenvalue weighted by Gasteiger charge is 1.70. The van der Waals surface area contributed by atoms with Crippen molar-refractivity contribution in [3.05, 3.63) is 0 Å². The second kappa shape index (κ2) is 27.3. The predicted octanol–water partition coefficient (Wildman–Crippen LogP) is 1.20. The zero-order chi connectivity index (χ0) is 7.58. The number of rotatable bonds is 0. The van der Waals surface area contributed by atoms with E-state index in [0.29, 0.717) is 0 Å². The molecule has 2 unspecified atom stereocenters. The van der Waals surface area contributed by atoms with Crippen molar-refractivity contribution in [3.63, 3.8) is 0 Å². The molecule has 52 valence electrons. The van der Waals surface area contributed by atoms with E-state index >= 15 is 0 Å². The minimum Gasteiger partial charge on any atom is -0.450 e. The molecule has 0 rings (SSSR count). The van der Waals surface area contributed by atoms with Gasteiger partial charge in [0.05, 0.1) is 0 Å². The largest absolute Gasteiger partial charge is 0.503 e. The summed E-state index contributed by atoms with van der Waals surface area (Å²) in [7, 11) is 4.83. The SMILES string of the molecule is CP.CP.O=C(O)O. The van der Waals surface area contributed by atoms with Crippen molar-refractivity contribution in [1.82, 2.24) is 0 Å². The lowest BCUT2D eigenvalue weighted by Gasteiger charge is -1.60. The van der Waals surface area contributed by atoms with Crippen molar-refractivity contribution >= 4 is 24.6 Å². The van der Waals surface area contributed by atoms with E-state index in [9.17, 15) is 0 Å². The Morgan fingerprint density at radius 1 is 1.12 bits per heavy atom. The zero-order valence-corrected chi connectivity index (χ0v) is 7.27. The van der Waals surface area contributed by atoms with Crippen LogP contribution in [0.3, 0.4) is 0 Å². The van der Waals surface area contributed by atoms with Crippen molar-refractivity contribution in [1.29, 1.82) is 0 Å². The Labute approximate surface area is 53.9 Å². The molecule has 0 amide bonds. The molecule has 2 atom stereocenters. The second-order valence-corrected chi connectivity index (χ2v) is 0.283. The third-order valence-electron chi connectivity index (χ3n) is 0. The van der Waals surface area contributed by atoms with Crippen LogP contribution in [-0.2, 0) is 0 Å². The van der Waals surface area contributed by atoms with Crippen molar-refractivity contribution < 1.29 is 15.0 Å². The maximum Gasteiger partial charge on any atom is 0.503 e. The maximum atomic E-state index is 8.56. The molecule has 0 aromatic rings. The first-order valence-electron chi connectivity index (χ1n) is 1.81. The van der Waals surface area contributed by atoms with Crippen molar-refractivity contribution in [3.8, 4) is 0 Å². The predicted molar refractivity (Wildman–Crippen MR) is 41.9 cm³/mol. The topological polar surface area (TPSA) is 57.5 Å². The highest BCUT2D eigenvalue weighted by molar-refractivity contribution is 7.15. The molecular formula is C3H12O3P2. The number of carbonyl (C=O) groups is 1. The molecule has 0 aliphatic rings. The van der Waals surface area contributed by atoms with Gasteiger partial charge in [-0.15, -0.1) is 18.5 Å². The second-order valence-electron chi connectivity index (χ2n) is 0.283. The quantitative estimate of drug-likeness (QED) is 0.521. The van der Waals surface area contributed by atoms with Crippen LogP contribution in [0, 0.1) is 0 Å². The first kappa shape index (κ1) is 15.7. The van der Waals surface area contributed by atoms with E-state index in [4.69, 9.17) is 15.0 Å². The maximum absolute atomic E-state index is 8.56. The molecule has 0 aliphatic carbocycles. The van der Waals surface area contributed by atoms with Gasteiger partial charge in [-0.1, -0.05) is 13.3 Å². The zero-order valence-electron chi connectivity index (χ0n) is 4.96. The Bertz CT molecular complexity index is 35.5. The van der Waals surface area contributed by atoms with Gasteiger partial charge in [-0.3, -0.25) is 0 Å². The molecule has 0 saturated heterocycles. The highest BCUT2D eigenvalue weighted by Crippen LogP contribution is 1.46. The molecule has 0 aromatic heterocycles. The summed E-state index contributed by atoms with van der Waals surface area (Å²) in [5, 5.41) is 13.9. The molecule has 3 nitrogen and oxygen atoms in total. The van der Waals surface area contributed by atoms with Crippen molar-refractivity contribution in [2.24, 2.45) is 0 Å². The Balaban J connectivity index is -0.0000000542. The van der Waals surface area contributed by atoms with Crippen LogP contribution in [0.15, 0.2) is 0 Å². The first-order valence-corrected chi connectivity index (χ1v) is 4.12. The van der Waals surface area contributed by atoms with Gasteiger partial charge < -0.3 is 10.2 Å². The third-order valence-corrected chi connectivity index (χ3v) is 0. The summed E-state index contributed by atoms with van der Waals surface area (Å²) in [5.41, 5.74) is 0. The van der Waals surface area contributed by atoms with Gasteiger partial charge in [0.1, 0.15) is 0 Å². The molecule has 0 aliphatic heterocycles. The normalized spacial score (nSPS) is 4.50. The third kappa shape index (κ3) is 9550. The first-order chi connectivity index (χ1) is 3.73. The molecule has 5 heteroatoms.